The fourth-order valence-electron chi connectivity index (χ4n) is 2.72. The standard InChI is InChI=1S/C21H20F2N4OS/c1-3-12-27-20(17-6-4-5-7-18(17)23)24-25-21(27)29-14-19(28)26(2)13-15-8-10-16(22)11-9-15/h3-11H,1,12-14H2,2H3. The van der Waals surface area contributed by atoms with Gasteiger partial charge in [-0.2, -0.15) is 0 Å². The van der Waals surface area contributed by atoms with Crippen LogP contribution >= 0.6 is 11.8 Å². The average molecular weight is 414 g/mol. The molecule has 3 aromatic rings. The van der Waals surface area contributed by atoms with Gasteiger partial charge in [0.15, 0.2) is 11.0 Å². The van der Waals surface area contributed by atoms with E-state index in [2.05, 4.69) is 16.8 Å². The summed E-state index contributed by atoms with van der Waals surface area (Å²) < 4.78 is 28.9. The van der Waals surface area contributed by atoms with E-state index in [1.807, 2.05) is 0 Å². The zero-order chi connectivity index (χ0) is 20.8. The van der Waals surface area contributed by atoms with Crippen LogP contribution in [0.5, 0.6) is 0 Å². The maximum atomic E-state index is 14.2. The molecular weight excluding hydrogens is 394 g/mol. The van der Waals surface area contributed by atoms with Gasteiger partial charge in [0.2, 0.25) is 5.91 Å². The van der Waals surface area contributed by atoms with Gasteiger partial charge in [-0.05, 0) is 29.8 Å². The second kappa shape index (κ2) is 9.47. The Morgan fingerprint density at radius 2 is 1.90 bits per heavy atom. The predicted octanol–water partition coefficient (Wildman–Crippen LogP) is 4.16. The molecule has 0 fully saturated rings. The molecule has 0 saturated heterocycles. The van der Waals surface area contributed by atoms with Gasteiger partial charge in [0.1, 0.15) is 11.6 Å². The lowest BCUT2D eigenvalue weighted by atomic mass is 10.2. The van der Waals surface area contributed by atoms with Crippen LogP contribution in [0.2, 0.25) is 0 Å². The van der Waals surface area contributed by atoms with Crippen molar-refractivity contribution in [2.24, 2.45) is 0 Å². The molecule has 0 unspecified atom stereocenters. The number of hydrogen-bond acceptors (Lipinski definition) is 4. The molecule has 8 heteroatoms. The molecule has 3 rings (SSSR count). The van der Waals surface area contributed by atoms with Gasteiger partial charge in [-0.3, -0.25) is 9.36 Å². The Kier molecular flexibility index (Phi) is 6.77. The first-order valence-electron chi connectivity index (χ1n) is 8.89. The lowest BCUT2D eigenvalue weighted by Gasteiger charge is -2.17. The van der Waals surface area contributed by atoms with E-state index in [0.717, 1.165) is 5.56 Å². The fraction of sp³-hybridized carbons (Fsp3) is 0.190. The number of thioether (sulfide) groups is 1. The van der Waals surface area contributed by atoms with Crippen molar-refractivity contribution in [3.63, 3.8) is 0 Å². The molecule has 0 aliphatic carbocycles. The average Bonchev–Trinajstić information content (AvgIpc) is 3.11. The van der Waals surface area contributed by atoms with E-state index in [4.69, 9.17) is 0 Å². The highest BCUT2D eigenvalue weighted by Crippen LogP contribution is 2.26. The monoisotopic (exact) mass is 414 g/mol. The summed E-state index contributed by atoms with van der Waals surface area (Å²) in [6, 6.07) is 12.4. The summed E-state index contributed by atoms with van der Waals surface area (Å²) in [5, 5.41) is 8.74. The van der Waals surface area contributed by atoms with E-state index in [-0.39, 0.29) is 17.5 Å². The zero-order valence-electron chi connectivity index (χ0n) is 15.9. The summed E-state index contributed by atoms with van der Waals surface area (Å²) >= 11 is 1.23. The van der Waals surface area contributed by atoms with E-state index < -0.39 is 5.82 Å². The van der Waals surface area contributed by atoms with Gasteiger partial charge in [-0.1, -0.05) is 42.1 Å². The molecule has 0 bridgehead atoms. The van der Waals surface area contributed by atoms with E-state index in [0.29, 0.717) is 29.6 Å². The Morgan fingerprint density at radius 1 is 1.17 bits per heavy atom. The highest BCUT2D eigenvalue weighted by atomic mass is 32.2. The van der Waals surface area contributed by atoms with Crippen LogP contribution in [0.4, 0.5) is 8.78 Å². The molecule has 0 saturated carbocycles. The van der Waals surface area contributed by atoms with Gasteiger partial charge in [-0.15, -0.1) is 16.8 Å². The van der Waals surface area contributed by atoms with Crippen molar-refractivity contribution in [1.82, 2.24) is 19.7 Å². The highest BCUT2D eigenvalue weighted by Gasteiger charge is 2.18. The third-order valence-electron chi connectivity index (χ3n) is 4.23. The highest BCUT2D eigenvalue weighted by molar-refractivity contribution is 7.99. The van der Waals surface area contributed by atoms with Crippen LogP contribution in [-0.4, -0.2) is 38.4 Å². The largest absolute Gasteiger partial charge is 0.341 e. The predicted molar refractivity (Wildman–Crippen MR) is 109 cm³/mol. The minimum Gasteiger partial charge on any atom is -0.341 e. The fourth-order valence-corrected chi connectivity index (χ4v) is 3.61. The number of rotatable bonds is 8. The number of carbonyl (C=O) groups excluding carboxylic acids is 1. The Labute approximate surface area is 172 Å². The summed E-state index contributed by atoms with van der Waals surface area (Å²) in [4.78, 5) is 14.0. The third kappa shape index (κ3) is 5.08. The molecule has 0 N–H and O–H groups in total. The van der Waals surface area contributed by atoms with E-state index in [9.17, 15) is 13.6 Å². The van der Waals surface area contributed by atoms with Gasteiger partial charge in [0.05, 0.1) is 11.3 Å². The maximum absolute atomic E-state index is 14.2. The molecule has 1 amide bonds. The first kappa shape index (κ1) is 20.7. The van der Waals surface area contributed by atoms with Crippen molar-refractivity contribution in [3.8, 4) is 11.4 Å². The van der Waals surface area contributed by atoms with E-state index in [1.165, 1.54) is 30.0 Å². The van der Waals surface area contributed by atoms with Crippen LogP contribution in [0, 0.1) is 11.6 Å². The summed E-state index contributed by atoms with van der Waals surface area (Å²) in [5.41, 5.74) is 1.18. The molecule has 1 heterocycles. The number of allylic oxidation sites excluding steroid dienone is 1. The Morgan fingerprint density at radius 3 is 2.59 bits per heavy atom. The van der Waals surface area contributed by atoms with Crippen molar-refractivity contribution in [2.45, 2.75) is 18.2 Å². The number of benzene rings is 2. The van der Waals surface area contributed by atoms with Gasteiger partial charge >= 0.3 is 0 Å². The molecular formula is C21H20F2N4OS. The Hall–Kier alpha value is -3.00. The molecule has 5 nitrogen and oxygen atoms in total. The Balaban J connectivity index is 1.69. The molecule has 2 aromatic carbocycles. The topological polar surface area (TPSA) is 51.0 Å². The van der Waals surface area contributed by atoms with Crippen LogP contribution in [0.3, 0.4) is 0 Å². The molecule has 1 aromatic heterocycles. The molecule has 0 spiro atoms. The van der Waals surface area contributed by atoms with E-state index >= 15 is 0 Å². The second-order valence-corrected chi connectivity index (χ2v) is 7.29. The molecule has 29 heavy (non-hydrogen) atoms. The van der Waals surface area contributed by atoms with Crippen molar-refractivity contribution < 1.29 is 13.6 Å². The van der Waals surface area contributed by atoms with Gasteiger partial charge in [0.25, 0.3) is 0 Å². The van der Waals surface area contributed by atoms with Crippen LogP contribution in [0.1, 0.15) is 5.56 Å². The summed E-state index contributed by atoms with van der Waals surface area (Å²) in [6.45, 7) is 4.49. The first-order chi connectivity index (χ1) is 14.0. The maximum Gasteiger partial charge on any atom is 0.233 e. The normalized spacial score (nSPS) is 10.7. The number of hydrogen-bond donors (Lipinski definition) is 0. The molecule has 0 radical (unpaired) electrons. The lowest BCUT2D eigenvalue weighted by Crippen LogP contribution is -2.27. The van der Waals surface area contributed by atoms with Crippen LogP contribution < -0.4 is 0 Å². The second-order valence-electron chi connectivity index (χ2n) is 6.35. The SMILES string of the molecule is C=CCn1c(SCC(=O)N(C)Cc2ccc(F)cc2)nnc1-c1ccccc1F. The number of amides is 1. The summed E-state index contributed by atoms with van der Waals surface area (Å²) in [7, 11) is 1.69. The third-order valence-corrected chi connectivity index (χ3v) is 5.18. The number of aromatic nitrogens is 3. The number of halogens is 2. The quantitative estimate of drug-likeness (QED) is 0.410. The molecule has 0 atom stereocenters. The summed E-state index contributed by atoms with van der Waals surface area (Å²) in [6.07, 6.45) is 1.67. The summed E-state index contributed by atoms with van der Waals surface area (Å²) in [5.74, 6) is -0.288. The van der Waals surface area contributed by atoms with Crippen LogP contribution in [0.15, 0.2) is 66.3 Å². The van der Waals surface area contributed by atoms with Crippen molar-refractivity contribution in [1.29, 1.82) is 0 Å². The van der Waals surface area contributed by atoms with Crippen molar-refractivity contribution in [3.05, 3.63) is 78.4 Å². The number of nitrogens with zero attached hydrogens (tertiary/aromatic N) is 4. The van der Waals surface area contributed by atoms with Crippen molar-refractivity contribution >= 4 is 17.7 Å². The van der Waals surface area contributed by atoms with Crippen LogP contribution in [-0.2, 0) is 17.9 Å². The van der Waals surface area contributed by atoms with Crippen LogP contribution in [0.25, 0.3) is 11.4 Å². The minimum absolute atomic E-state index is 0.111. The first-order valence-corrected chi connectivity index (χ1v) is 9.88. The molecule has 0 aliphatic heterocycles. The lowest BCUT2D eigenvalue weighted by molar-refractivity contribution is -0.127. The number of carbonyl (C=O) groups is 1. The molecule has 150 valence electrons. The molecule has 0 aliphatic rings. The minimum atomic E-state index is -0.392. The van der Waals surface area contributed by atoms with Gasteiger partial charge in [-0.25, -0.2) is 8.78 Å². The van der Waals surface area contributed by atoms with E-state index in [1.54, 1.807) is 52.9 Å². The van der Waals surface area contributed by atoms with Gasteiger partial charge in [0, 0.05) is 20.1 Å². The van der Waals surface area contributed by atoms with Gasteiger partial charge < -0.3 is 4.90 Å². The smallest absolute Gasteiger partial charge is 0.233 e. The Bertz CT molecular complexity index is 1000. The zero-order valence-corrected chi connectivity index (χ0v) is 16.7. The van der Waals surface area contributed by atoms with Crippen molar-refractivity contribution in [2.75, 3.05) is 12.8 Å².